The van der Waals surface area contributed by atoms with E-state index < -0.39 is 0 Å². The molecule has 12 heavy (non-hydrogen) atoms. The highest BCUT2D eigenvalue weighted by molar-refractivity contribution is 5.77. The third kappa shape index (κ3) is 2.57. The van der Waals surface area contributed by atoms with Crippen molar-refractivity contribution in [1.82, 2.24) is 4.90 Å². The predicted molar refractivity (Wildman–Crippen MR) is 47.0 cm³/mol. The van der Waals surface area contributed by atoms with E-state index in [-0.39, 0.29) is 18.4 Å². The highest BCUT2D eigenvalue weighted by Gasteiger charge is 2.21. The smallest absolute Gasteiger partial charge is 0.143 e. The molecule has 0 aliphatic carbocycles. The Morgan fingerprint density at radius 3 is 2.92 bits per heavy atom. The number of carbonyl (C=O) groups is 1. The minimum Gasteiger partial charge on any atom is -0.395 e. The molecule has 0 bridgehead atoms. The molecular weight excluding hydrogens is 154 g/mol. The zero-order valence-corrected chi connectivity index (χ0v) is 7.62. The summed E-state index contributed by atoms with van der Waals surface area (Å²) >= 11 is 0. The molecule has 1 aliphatic heterocycles. The molecule has 1 N–H and O–H groups in total. The lowest BCUT2D eigenvalue weighted by Gasteiger charge is -2.33. The van der Waals surface area contributed by atoms with E-state index in [0.29, 0.717) is 6.54 Å². The molecule has 0 aromatic rings. The summed E-state index contributed by atoms with van der Waals surface area (Å²) < 4.78 is 0. The lowest BCUT2D eigenvalue weighted by Crippen LogP contribution is -2.44. The molecule has 1 aliphatic rings. The average Bonchev–Trinajstić information content (AvgIpc) is 2.04. The first kappa shape index (κ1) is 9.68. The maximum Gasteiger partial charge on any atom is 0.143 e. The molecule has 1 heterocycles. The van der Waals surface area contributed by atoms with Crippen LogP contribution in [-0.2, 0) is 4.79 Å². The van der Waals surface area contributed by atoms with Crippen molar-refractivity contribution in [3.63, 3.8) is 0 Å². The summed E-state index contributed by atoms with van der Waals surface area (Å²) in [5.74, 6) is 0.190. The molecule has 1 rings (SSSR count). The Kier molecular flexibility index (Phi) is 3.69. The van der Waals surface area contributed by atoms with Crippen molar-refractivity contribution in [3.05, 3.63) is 0 Å². The summed E-state index contributed by atoms with van der Waals surface area (Å²) in [6, 6.07) is 0.225. The largest absolute Gasteiger partial charge is 0.395 e. The maximum absolute atomic E-state index is 10.9. The summed E-state index contributed by atoms with van der Waals surface area (Å²) in [6.07, 6.45) is 3.37. The van der Waals surface area contributed by atoms with Crippen LogP contribution in [0.1, 0.15) is 26.2 Å². The van der Waals surface area contributed by atoms with Crippen LogP contribution in [0.2, 0.25) is 0 Å². The lowest BCUT2D eigenvalue weighted by molar-refractivity contribution is -0.119. The average molecular weight is 171 g/mol. The SMILES string of the molecule is CC(=O)CN1CCCCC1CO. The highest BCUT2D eigenvalue weighted by atomic mass is 16.3. The molecule has 3 nitrogen and oxygen atoms in total. The number of hydrogen-bond donors (Lipinski definition) is 1. The quantitative estimate of drug-likeness (QED) is 0.669. The molecule has 1 fully saturated rings. The summed E-state index contributed by atoms with van der Waals surface area (Å²) in [4.78, 5) is 12.9. The van der Waals surface area contributed by atoms with Gasteiger partial charge in [-0.1, -0.05) is 6.42 Å². The Hall–Kier alpha value is -0.410. The van der Waals surface area contributed by atoms with Crippen molar-refractivity contribution in [2.75, 3.05) is 19.7 Å². The molecule has 70 valence electrons. The Labute approximate surface area is 73.4 Å². The highest BCUT2D eigenvalue weighted by Crippen LogP contribution is 2.15. The normalized spacial score (nSPS) is 25.7. The van der Waals surface area contributed by atoms with E-state index in [1.54, 1.807) is 6.92 Å². The number of hydrogen-bond acceptors (Lipinski definition) is 3. The van der Waals surface area contributed by atoms with E-state index in [9.17, 15) is 4.79 Å². The van der Waals surface area contributed by atoms with Gasteiger partial charge in [-0.05, 0) is 26.3 Å². The monoisotopic (exact) mass is 171 g/mol. The van der Waals surface area contributed by atoms with E-state index >= 15 is 0 Å². The Morgan fingerprint density at radius 1 is 1.58 bits per heavy atom. The number of likely N-dealkylation sites (tertiary alicyclic amines) is 1. The minimum atomic E-state index is 0.188. The van der Waals surface area contributed by atoms with E-state index in [1.807, 2.05) is 0 Å². The Bertz CT molecular complexity index is 159. The number of nitrogens with zero attached hydrogens (tertiary/aromatic N) is 1. The number of carbonyl (C=O) groups excluding carboxylic acids is 1. The van der Waals surface area contributed by atoms with Gasteiger partial charge in [0.15, 0.2) is 0 Å². The van der Waals surface area contributed by atoms with Crippen LogP contribution in [0.5, 0.6) is 0 Å². The van der Waals surface area contributed by atoms with Gasteiger partial charge in [0, 0.05) is 6.04 Å². The molecule has 0 saturated carbocycles. The van der Waals surface area contributed by atoms with Crippen LogP contribution in [0.3, 0.4) is 0 Å². The zero-order chi connectivity index (χ0) is 8.97. The molecule has 1 saturated heterocycles. The van der Waals surface area contributed by atoms with Crippen molar-refractivity contribution in [1.29, 1.82) is 0 Å². The number of ketones is 1. The van der Waals surface area contributed by atoms with Crippen LogP contribution in [0.4, 0.5) is 0 Å². The van der Waals surface area contributed by atoms with Gasteiger partial charge in [0.05, 0.1) is 13.2 Å². The summed E-state index contributed by atoms with van der Waals surface area (Å²) in [6.45, 7) is 3.26. The van der Waals surface area contributed by atoms with Crippen LogP contribution in [0, 0.1) is 0 Å². The van der Waals surface area contributed by atoms with Crippen molar-refractivity contribution >= 4 is 5.78 Å². The third-order valence-corrected chi connectivity index (χ3v) is 2.39. The third-order valence-electron chi connectivity index (χ3n) is 2.39. The standard InChI is InChI=1S/C9H17NO2/c1-8(12)6-10-5-3-2-4-9(10)7-11/h9,11H,2-7H2,1H3. The Morgan fingerprint density at radius 2 is 2.33 bits per heavy atom. The first-order chi connectivity index (χ1) is 5.74. The molecule has 0 radical (unpaired) electrons. The van der Waals surface area contributed by atoms with Crippen LogP contribution in [-0.4, -0.2) is 41.5 Å². The van der Waals surface area contributed by atoms with Gasteiger partial charge in [-0.2, -0.15) is 0 Å². The summed E-state index contributed by atoms with van der Waals surface area (Å²) in [5.41, 5.74) is 0. The summed E-state index contributed by atoms with van der Waals surface area (Å²) in [5, 5.41) is 9.02. The van der Waals surface area contributed by atoms with Crippen molar-refractivity contribution in [3.8, 4) is 0 Å². The summed E-state index contributed by atoms with van der Waals surface area (Å²) in [7, 11) is 0. The molecule has 0 aromatic carbocycles. The van der Waals surface area contributed by atoms with Gasteiger partial charge in [0.2, 0.25) is 0 Å². The van der Waals surface area contributed by atoms with Crippen LogP contribution >= 0.6 is 0 Å². The zero-order valence-electron chi connectivity index (χ0n) is 7.62. The molecular formula is C9H17NO2. The second kappa shape index (κ2) is 4.58. The molecule has 0 aromatic heterocycles. The van der Waals surface area contributed by atoms with Gasteiger partial charge in [0.25, 0.3) is 0 Å². The fraction of sp³-hybridized carbons (Fsp3) is 0.889. The van der Waals surface area contributed by atoms with E-state index in [1.165, 1.54) is 6.42 Å². The molecule has 0 spiro atoms. The van der Waals surface area contributed by atoms with Gasteiger partial charge >= 0.3 is 0 Å². The Balaban J connectivity index is 2.41. The van der Waals surface area contributed by atoms with E-state index in [0.717, 1.165) is 19.4 Å². The van der Waals surface area contributed by atoms with Crippen molar-refractivity contribution in [2.45, 2.75) is 32.2 Å². The molecule has 3 heteroatoms. The fourth-order valence-corrected chi connectivity index (χ4v) is 1.76. The van der Waals surface area contributed by atoms with E-state index in [4.69, 9.17) is 5.11 Å². The fourth-order valence-electron chi connectivity index (χ4n) is 1.76. The van der Waals surface area contributed by atoms with Gasteiger partial charge in [-0.25, -0.2) is 0 Å². The second-order valence-corrected chi connectivity index (χ2v) is 3.50. The molecule has 1 atom stereocenters. The first-order valence-corrected chi connectivity index (χ1v) is 4.58. The number of piperidine rings is 1. The predicted octanol–water partition coefficient (Wildman–Crippen LogP) is 0.422. The van der Waals surface area contributed by atoms with Gasteiger partial charge in [-0.3, -0.25) is 9.69 Å². The van der Waals surface area contributed by atoms with Gasteiger partial charge < -0.3 is 5.11 Å². The van der Waals surface area contributed by atoms with Gasteiger partial charge in [0.1, 0.15) is 5.78 Å². The minimum absolute atomic E-state index is 0.188. The van der Waals surface area contributed by atoms with Gasteiger partial charge in [-0.15, -0.1) is 0 Å². The lowest BCUT2D eigenvalue weighted by atomic mass is 10.0. The molecule has 0 amide bonds. The topological polar surface area (TPSA) is 40.5 Å². The number of Topliss-reactive ketones (excluding diaryl/α,β-unsaturated/α-hetero) is 1. The number of rotatable bonds is 3. The van der Waals surface area contributed by atoms with Crippen molar-refractivity contribution < 1.29 is 9.90 Å². The molecule has 1 unspecified atom stereocenters. The number of aliphatic hydroxyl groups is 1. The van der Waals surface area contributed by atoms with E-state index in [2.05, 4.69) is 4.90 Å². The van der Waals surface area contributed by atoms with Crippen LogP contribution < -0.4 is 0 Å². The number of aliphatic hydroxyl groups excluding tert-OH is 1. The van der Waals surface area contributed by atoms with Crippen LogP contribution in [0.15, 0.2) is 0 Å². The second-order valence-electron chi connectivity index (χ2n) is 3.50. The first-order valence-electron chi connectivity index (χ1n) is 4.58. The van der Waals surface area contributed by atoms with Crippen LogP contribution in [0.25, 0.3) is 0 Å². The van der Waals surface area contributed by atoms with Crippen molar-refractivity contribution in [2.24, 2.45) is 0 Å². The maximum atomic E-state index is 10.9.